The second-order valence-electron chi connectivity index (χ2n) is 6.21. The van der Waals surface area contributed by atoms with E-state index in [1.165, 1.54) is 12.1 Å². The van der Waals surface area contributed by atoms with Gasteiger partial charge in [-0.25, -0.2) is 4.39 Å². The minimum atomic E-state index is -0.436. The molecule has 6 heteroatoms. The van der Waals surface area contributed by atoms with Gasteiger partial charge in [-0.05, 0) is 48.7 Å². The highest BCUT2D eigenvalue weighted by molar-refractivity contribution is 5.95. The zero-order chi connectivity index (χ0) is 17.6. The van der Waals surface area contributed by atoms with E-state index in [0.717, 1.165) is 11.1 Å². The number of nitrogens with zero attached hydrogens (tertiary/aromatic N) is 2. The Morgan fingerprint density at radius 2 is 2.08 bits per heavy atom. The smallest absolute Gasteiger partial charge is 0.278 e. The van der Waals surface area contributed by atoms with Crippen LogP contribution in [-0.4, -0.2) is 27.5 Å². The van der Waals surface area contributed by atoms with Crippen LogP contribution in [0.3, 0.4) is 0 Å². The largest absolute Gasteiger partial charge is 0.330 e. The lowest BCUT2D eigenvalue weighted by Crippen LogP contribution is -2.41. The molecule has 0 bridgehead atoms. The molecule has 1 aliphatic heterocycles. The summed E-state index contributed by atoms with van der Waals surface area (Å²) < 4.78 is 13.6. The van der Waals surface area contributed by atoms with Crippen LogP contribution in [0, 0.1) is 5.82 Å². The number of aromatic nitrogens is 2. The number of hydrogen-bond acceptors (Lipinski definition) is 3. The van der Waals surface area contributed by atoms with Crippen LogP contribution in [0.25, 0.3) is 10.9 Å². The van der Waals surface area contributed by atoms with Crippen molar-refractivity contribution < 1.29 is 9.18 Å². The molecule has 0 aliphatic carbocycles. The molecule has 0 saturated carbocycles. The van der Waals surface area contributed by atoms with Gasteiger partial charge in [0.05, 0.1) is 11.6 Å². The second-order valence-corrected chi connectivity index (χ2v) is 6.21. The zero-order valence-electron chi connectivity index (χ0n) is 13.6. The fourth-order valence-corrected chi connectivity index (χ4v) is 3.42. The third-order valence-electron chi connectivity index (χ3n) is 4.79. The molecule has 0 radical (unpaired) electrons. The molecule has 1 amide bonds. The van der Waals surface area contributed by atoms with Crippen LogP contribution < -0.4 is 5.43 Å². The van der Waals surface area contributed by atoms with E-state index in [1.807, 2.05) is 6.92 Å². The number of carbonyl (C=O) groups is 1. The molecule has 1 atom stereocenters. The summed E-state index contributed by atoms with van der Waals surface area (Å²) in [6.07, 6.45) is 0.622. The maximum absolute atomic E-state index is 13.6. The molecule has 1 aliphatic rings. The van der Waals surface area contributed by atoms with Gasteiger partial charge in [0.2, 0.25) is 5.43 Å². The summed E-state index contributed by atoms with van der Waals surface area (Å²) >= 11 is 0. The zero-order valence-corrected chi connectivity index (χ0v) is 13.6. The van der Waals surface area contributed by atoms with Gasteiger partial charge in [0.1, 0.15) is 5.82 Å². The summed E-state index contributed by atoms with van der Waals surface area (Å²) in [7, 11) is 0. The van der Waals surface area contributed by atoms with Crippen molar-refractivity contribution in [3.05, 3.63) is 75.3 Å². The Morgan fingerprint density at radius 1 is 1.28 bits per heavy atom. The van der Waals surface area contributed by atoms with E-state index in [-0.39, 0.29) is 17.6 Å². The Balaban J connectivity index is 1.75. The van der Waals surface area contributed by atoms with E-state index in [2.05, 4.69) is 10.2 Å². The second kappa shape index (κ2) is 5.81. The number of benzene rings is 2. The van der Waals surface area contributed by atoms with Crippen LogP contribution in [-0.2, 0) is 6.42 Å². The molecule has 2 heterocycles. The SMILES string of the molecule is CC1c2cc(F)ccc2CCN1C(=O)c1n[nH]c2ccccc2c1=O. The molecule has 0 spiro atoms. The first-order chi connectivity index (χ1) is 12.1. The molecule has 4 rings (SSSR count). The molecule has 0 saturated heterocycles. The number of fused-ring (bicyclic) bond motifs is 2. The van der Waals surface area contributed by atoms with Crippen molar-refractivity contribution in [3.63, 3.8) is 0 Å². The summed E-state index contributed by atoms with van der Waals surface area (Å²) in [5.74, 6) is -0.768. The molecule has 3 aromatic rings. The molecule has 5 nitrogen and oxygen atoms in total. The summed E-state index contributed by atoms with van der Waals surface area (Å²) in [6, 6.07) is 11.3. The van der Waals surface area contributed by atoms with Crippen molar-refractivity contribution in [1.82, 2.24) is 15.1 Å². The topological polar surface area (TPSA) is 66.1 Å². The predicted molar refractivity (Wildman–Crippen MR) is 91.9 cm³/mol. The van der Waals surface area contributed by atoms with Gasteiger partial charge in [-0.1, -0.05) is 18.2 Å². The summed E-state index contributed by atoms with van der Waals surface area (Å²) in [4.78, 5) is 27.1. The Hall–Kier alpha value is -3.02. The number of hydrogen-bond donors (Lipinski definition) is 1. The molecule has 1 unspecified atom stereocenters. The average Bonchev–Trinajstić information content (AvgIpc) is 2.62. The van der Waals surface area contributed by atoms with Gasteiger partial charge in [-0.3, -0.25) is 14.7 Å². The summed E-state index contributed by atoms with van der Waals surface area (Å²) in [6.45, 7) is 2.30. The molecule has 2 aromatic carbocycles. The van der Waals surface area contributed by atoms with Crippen LogP contribution in [0.5, 0.6) is 0 Å². The average molecular weight is 337 g/mol. The van der Waals surface area contributed by atoms with E-state index in [0.29, 0.717) is 23.9 Å². The van der Waals surface area contributed by atoms with Gasteiger partial charge in [0.25, 0.3) is 5.91 Å². The van der Waals surface area contributed by atoms with Crippen molar-refractivity contribution in [2.45, 2.75) is 19.4 Å². The van der Waals surface area contributed by atoms with Crippen LogP contribution in [0.2, 0.25) is 0 Å². The molecule has 1 N–H and O–H groups in total. The normalized spacial score (nSPS) is 16.7. The first-order valence-electron chi connectivity index (χ1n) is 8.13. The van der Waals surface area contributed by atoms with E-state index < -0.39 is 11.3 Å². The lowest BCUT2D eigenvalue weighted by molar-refractivity contribution is 0.0669. The third-order valence-corrected chi connectivity index (χ3v) is 4.79. The number of carbonyl (C=O) groups excluding carboxylic acids is 1. The Kier molecular flexibility index (Phi) is 3.60. The summed E-state index contributed by atoms with van der Waals surface area (Å²) in [5, 5.41) is 7.18. The van der Waals surface area contributed by atoms with Crippen LogP contribution in [0.1, 0.15) is 34.6 Å². The first kappa shape index (κ1) is 15.5. The first-order valence-corrected chi connectivity index (χ1v) is 8.13. The lowest BCUT2D eigenvalue weighted by atomic mass is 9.93. The van der Waals surface area contributed by atoms with Gasteiger partial charge < -0.3 is 4.90 Å². The van der Waals surface area contributed by atoms with Gasteiger partial charge >= 0.3 is 0 Å². The summed E-state index contributed by atoms with van der Waals surface area (Å²) in [5.41, 5.74) is 1.86. The molecular formula is C19H16FN3O2. The quantitative estimate of drug-likeness (QED) is 0.742. The number of aromatic amines is 1. The number of H-pyrrole nitrogens is 1. The number of nitrogens with one attached hydrogen (secondary N) is 1. The Labute approximate surface area is 143 Å². The molecule has 1 aromatic heterocycles. The predicted octanol–water partition coefficient (Wildman–Crippen LogP) is 2.82. The van der Waals surface area contributed by atoms with Crippen molar-refractivity contribution in [2.75, 3.05) is 6.54 Å². The number of halogens is 1. The van der Waals surface area contributed by atoms with E-state index in [9.17, 15) is 14.0 Å². The van der Waals surface area contributed by atoms with Crippen molar-refractivity contribution in [2.24, 2.45) is 0 Å². The number of amides is 1. The van der Waals surface area contributed by atoms with Crippen LogP contribution in [0.15, 0.2) is 47.3 Å². The van der Waals surface area contributed by atoms with Crippen LogP contribution >= 0.6 is 0 Å². The third kappa shape index (κ3) is 2.50. The standard InChI is InChI=1S/C19H16FN3O2/c1-11-15-10-13(20)7-6-12(15)8-9-23(11)19(25)17-18(24)14-4-2-3-5-16(14)21-22-17/h2-7,10-11H,8-9H2,1H3,(H,21,24). The monoisotopic (exact) mass is 337 g/mol. The van der Waals surface area contributed by atoms with Crippen molar-refractivity contribution >= 4 is 16.8 Å². The van der Waals surface area contributed by atoms with Gasteiger partial charge in [-0.15, -0.1) is 0 Å². The fraction of sp³-hybridized carbons (Fsp3) is 0.211. The van der Waals surface area contributed by atoms with Gasteiger partial charge in [-0.2, -0.15) is 5.10 Å². The fourth-order valence-electron chi connectivity index (χ4n) is 3.42. The Bertz CT molecular complexity index is 1040. The highest BCUT2D eigenvalue weighted by Gasteiger charge is 2.30. The number of para-hydroxylation sites is 1. The van der Waals surface area contributed by atoms with Crippen molar-refractivity contribution in [1.29, 1.82) is 0 Å². The maximum atomic E-state index is 13.6. The number of rotatable bonds is 1. The highest BCUT2D eigenvalue weighted by atomic mass is 19.1. The molecule has 0 fully saturated rings. The highest BCUT2D eigenvalue weighted by Crippen LogP contribution is 2.30. The molecule has 126 valence electrons. The van der Waals surface area contributed by atoms with Crippen molar-refractivity contribution in [3.8, 4) is 0 Å². The molecule has 25 heavy (non-hydrogen) atoms. The van der Waals surface area contributed by atoms with E-state index in [4.69, 9.17) is 0 Å². The van der Waals surface area contributed by atoms with Gasteiger partial charge in [0.15, 0.2) is 5.69 Å². The maximum Gasteiger partial charge on any atom is 0.278 e. The lowest BCUT2D eigenvalue weighted by Gasteiger charge is -2.35. The minimum Gasteiger partial charge on any atom is -0.330 e. The van der Waals surface area contributed by atoms with E-state index in [1.54, 1.807) is 35.2 Å². The van der Waals surface area contributed by atoms with Gasteiger partial charge in [0, 0.05) is 11.9 Å². The minimum absolute atomic E-state index is 0.134. The van der Waals surface area contributed by atoms with E-state index >= 15 is 0 Å². The Morgan fingerprint density at radius 3 is 2.92 bits per heavy atom. The molecular weight excluding hydrogens is 321 g/mol. The van der Waals surface area contributed by atoms with Crippen LogP contribution in [0.4, 0.5) is 4.39 Å².